The lowest BCUT2D eigenvalue weighted by atomic mass is 9.62. The number of allylic oxidation sites excluding steroid dienone is 2. The Labute approximate surface area is 112 Å². The highest BCUT2D eigenvalue weighted by Crippen LogP contribution is 2.49. The monoisotopic (exact) mass is 258 g/mol. The van der Waals surface area contributed by atoms with Gasteiger partial charge in [-0.1, -0.05) is 31.2 Å². The summed E-state index contributed by atoms with van der Waals surface area (Å²) < 4.78 is 5.81. The zero-order chi connectivity index (χ0) is 13.5. The summed E-state index contributed by atoms with van der Waals surface area (Å²) in [5.74, 6) is 0.0794. The summed E-state index contributed by atoms with van der Waals surface area (Å²) in [5, 5.41) is 9.90. The van der Waals surface area contributed by atoms with Crippen molar-refractivity contribution in [1.82, 2.24) is 0 Å². The van der Waals surface area contributed by atoms with Crippen LogP contribution in [0.3, 0.4) is 0 Å². The number of hydrogen-bond donors (Lipinski definition) is 1. The maximum atomic E-state index is 12.1. The second kappa shape index (κ2) is 4.41. The largest absolute Gasteiger partial charge is 0.493 e. The van der Waals surface area contributed by atoms with Crippen molar-refractivity contribution >= 4 is 5.97 Å². The molecule has 0 saturated carbocycles. The number of carboxylic acid groups (broad SMARTS) is 1. The molecule has 1 aromatic carbocycles. The van der Waals surface area contributed by atoms with Crippen LogP contribution in [-0.4, -0.2) is 17.7 Å². The van der Waals surface area contributed by atoms with Gasteiger partial charge in [0.05, 0.1) is 6.61 Å². The molecule has 3 rings (SSSR count). The van der Waals surface area contributed by atoms with E-state index >= 15 is 0 Å². The van der Waals surface area contributed by atoms with E-state index in [2.05, 4.69) is 13.0 Å². The van der Waals surface area contributed by atoms with Crippen LogP contribution in [0.25, 0.3) is 0 Å². The highest BCUT2D eigenvalue weighted by molar-refractivity contribution is 5.85. The van der Waals surface area contributed by atoms with E-state index in [4.69, 9.17) is 4.74 Å². The Morgan fingerprint density at radius 3 is 3.05 bits per heavy atom. The molecule has 0 aromatic heterocycles. The number of benzene rings is 1. The van der Waals surface area contributed by atoms with Crippen molar-refractivity contribution in [1.29, 1.82) is 0 Å². The zero-order valence-electron chi connectivity index (χ0n) is 11.1. The first kappa shape index (κ1) is 12.3. The van der Waals surface area contributed by atoms with E-state index < -0.39 is 11.4 Å². The van der Waals surface area contributed by atoms with Crippen molar-refractivity contribution in [3.8, 4) is 5.75 Å². The van der Waals surface area contributed by atoms with E-state index in [1.807, 2.05) is 24.3 Å². The minimum absolute atomic E-state index is 0.0372. The maximum absolute atomic E-state index is 12.1. The molecule has 2 unspecified atom stereocenters. The molecule has 1 N–H and O–H groups in total. The summed E-state index contributed by atoms with van der Waals surface area (Å²) in [6.45, 7) is 2.56. The topological polar surface area (TPSA) is 46.5 Å². The van der Waals surface area contributed by atoms with Gasteiger partial charge >= 0.3 is 5.97 Å². The number of hydrogen-bond acceptors (Lipinski definition) is 2. The van der Waals surface area contributed by atoms with Crippen LogP contribution in [0.5, 0.6) is 5.75 Å². The van der Waals surface area contributed by atoms with Crippen LogP contribution in [0.15, 0.2) is 30.4 Å². The molecule has 0 spiro atoms. The lowest BCUT2D eigenvalue weighted by molar-refractivity contribution is -0.148. The second-order valence-electron chi connectivity index (χ2n) is 5.34. The van der Waals surface area contributed by atoms with Gasteiger partial charge < -0.3 is 9.84 Å². The van der Waals surface area contributed by atoms with Crippen molar-refractivity contribution in [3.63, 3.8) is 0 Å². The molecule has 0 amide bonds. The van der Waals surface area contributed by atoms with Gasteiger partial charge in [-0.3, -0.25) is 4.79 Å². The molecule has 1 heterocycles. The number of aliphatic carboxylic acids is 1. The van der Waals surface area contributed by atoms with Crippen LogP contribution in [-0.2, 0) is 16.6 Å². The highest BCUT2D eigenvalue weighted by atomic mass is 16.5. The van der Waals surface area contributed by atoms with Crippen molar-refractivity contribution in [2.45, 2.75) is 31.6 Å². The van der Waals surface area contributed by atoms with Gasteiger partial charge in [0.2, 0.25) is 0 Å². The van der Waals surface area contributed by atoms with Gasteiger partial charge in [-0.15, -0.1) is 0 Å². The molecule has 100 valence electrons. The molecule has 3 nitrogen and oxygen atoms in total. The molecule has 0 fully saturated rings. The predicted octanol–water partition coefficient (Wildman–Crippen LogP) is 2.93. The summed E-state index contributed by atoms with van der Waals surface area (Å²) in [7, 11) is 0. The van der Waals surface area contributed by atoms with E-state index in [0.717, 1.165) is 29.7 Å². The van der Waals surface area contributed by atoms with Crippen LogP contribution >= 0.6 is 0 Å². The van der Waals surface area contributed by atoms with Crippen LogP contribution in [0.1, 0.15) is 30.9 Å². The quantitative estimate of drug-likeness (QED) is 0.830. The molecule has 0 saturated heterocycles. The molecule has 19 heavy (non-hydrogen) atoms. The summed E-state index contributed by atoms with van der Waals surface area (Å²) in [6, 6.07) is 5.87. The smallest absolute Gasteiger partial charge is 0.315 e. The third-order valence-corrected chi connectivity index (χ3v) is 4.49. The number of fused-ring (bicyclic) bond motifs is 3. The van der Waals surface area contributed by atoms with Crippen molar-refractivity contribution in [3.05, 3.63) is 41.5 Å². The van der Waals surface area contributed by atoms with Crippen LogP contribution in [0.4, 0.5) is 0 Å². The molecule has 1 aliphatic carbocycles. The number of ether oxygens (including phenoxy) is 1. The Kier molecular flexibility index (Phi) is 2.85. The van der Waals surface area contributed by atoms with E-state index in [1.165, 1.54) is 0 Å². The zero-order valence-corrected chi connectivity index (χ0v) is 11.1. The molecular formula is C16H18O3. The summed E-state index contributed by atoms with van der Waals surface area (Å²) in [6.07, 6.45) is 6.27. The molecule has 1 aromatic rings. The van der Waals surface area contributed by atoms with Gasteiger partial charge in [0, 0.05) is 11.5 Å². The minimum atomic E-state index is -0.797. The van der Waals surface area contributed by atoms with E-state index in [0.29, 0.717) is 13.0 Å². The first-order chi connectivity index (χ1) is 9.20. The summed E-state index contributed by atoms with van der Waals surface area (Å²) in [4.78, 5) is 12.1. The molecule has 3 heteroatoms. The number of rotatable bonds is 2. The Balaban J connectivity index is 2.27. The average Bonchev–Trinajstić information content (AvgIpc) is 2.45. The van der Waals surface area contributed by atoms with E-state index in [9.17, 15) is 9.90 Å². The standard InChI is InChI=1S/C16H18O3/c1-2-11-6-5-8-13-14(11)16(15(17)18)9-4-3-7-12(16)10-19-13/h3-6,8,12H,2,7,9-10H2,1H3,(H,17,18). The van der Waals surface area contributed by atoms with Crippen LogP contribution in [0.2, 0.25) is 0 Å². The van der Waals surface area contributed by atoms with E-state index in [1.54, 1.807) is 0 Å². The molecule has 1 aliphatic heterocycles. The van der Waals surface area contributed by atoms with E-state index in [-0.39, 0.29) is 5.92 Å². The summed E-state index contributed by atoms with van der Waals surface area (Å²) >= 11 is 0. The molecular weight excluding hydrogens is 240 g/mol. The molecule has 0 bridgehead atoms. The van der Waals surface area contributed by atoms with Gasteiger partial charge in [0.15, 0.2) is 0 Å². The van der Waals surface area contributed by atoms with Crippen molar-refractivity contribution in [2.75, 3.05) is 6.61 Å². The highest BCUT2D eigenvalue weighted by Gasteiger charge is 2.52. The summed E-state index contributed by atoms with van der Waals surface area (Å²) in [5.41, 5.74) is 1.21. The molecule has 2 atom stereocenters. The molecule has 2 aliphatic rings. The minimum Gasteiger partial charge on any atom is -0.493 e. The SMILES string of the molecule is CCc1cccc2c1C1(C(=O)O)CC=CCC1CO2. The van der Waals surface area contributed by atoms with Gasteiger partial charge in [-0.2, -0.15) is 0 Å². The number of carbonyl (C=O) groups is 1. The maximum Gasteiger partial charge on any atom is 0.315 e. The normalized spacial score (nSPS) is 28.2. The van der Waals surface area contributed by atoms with Gasteiger partial charge in [0.1, 0.15) is 11.2 Å². The fraction of sp³-hybridized carbons (Fsp3) is 0.438. The second-order valence-corrected chi connectivity index (χ2v) is 5.34. The Morgan fingerprint density at radius 1 is 1.47 bits per heavy atom. The fourth-order valence-corrected chi connectivity index (χ4v) is 3.47. The van der Waals surface area contributed by atoms with Gasteiger partial charge in [0.25, 0.3) is 0 Å². The molecule has 0 radical (unpaired) electrons. The third kappa shape index (κ3) is 1.61. The van der Waals surface area contributed by atoms with Crippen LogP contribution in [0, 0.1) is 5.92 Å². The van der Waals surface area contributed by atoms with Gasteiger partial charge in [-0.05, 0) is 30.9 Å². The Bertz CT molecular complexity index is 533. The predicted molar refractivity (Wildman–Crippen MR) is 72.5 cm³/mol. The first-order valence-electron chi connectivity index (χ1n) is 6.83. The fourth-order valence-electron chi connectivity index (χ4n) is 3.47. The number of aryl methyl sites for hydroxylation is 1. The Hall–Kier alpha value is -1.77. The van der Waals surface area contributed by atoms with Crippen molar-refractivity contribution in [2.24, 2.45) is 5.92 Å². The lowest BCUT2D eigenvalue weighted by Crippen LogP contribution is -2.49. The lowest BCUT2D eigenvalue weighted by Gasteiger charge is -2.44. The van der Waals surface area contributed by atoms with Crippen LogP contribution < -0.4 is 4.74 Å². The Morgan fingerprint density at radius 2 is 2.32 bits per heavy atom. The van der Waals surface area contributed by atoms with Gasteiger partial charge in [-0.25, -0.2) is 0 Å². The third-order valence-electron chi connectivity index (χ3n) is 4.49. The first-order valence-corrected chi connectivity index (χ1v) is 6.83. The number of carboxylic acids is 1. The average molecular weight is 258 g/mol. The van der Waals surface area contributed by atoms with Crippen molar-refractivity contribution < 1.29 is 14.6 Å².